The Hall–Kier alpha value is -1.12. The van der Waals surface area contributed by atoms with Gasteiger partial charge in [-0.25, -0.2) is 9.97 Å². The lowest BCUT2D eigenvalue weighted by Crippen LogP contribution is -1.85. The molecule has 1 radical (unpaired) electrons. The van der Waals surface area contributed by atoms with Crippen molar-refractivity contribution >= 4 is 0 Å². The summed E-state index contributed by atoms with van der Waals surface area (Å²) in [6.45, 7) is 0. The Morgan fingerprint density at radius 1 is 1.75 bits per heavy atom. The van der Waals surface area contributed by atoms with Crippen LogP contribution in [0.5, 0.6) is 5.88 Å². The third-order valence-electron chi connectivity index (χ3n) is 0.698. The molecule has 0 aliphatic carbocycles. The van der Waals surface area contributed by atoms with E-state index in [0.29, 0.717) is 5.88 Å². The molecular weight excluding hydrogens is 104 g/mol. The van der Waals surface area contributed by atoms with Gasteiger partial charge in [0.2, 0.25) is 5.88 Å². The van der Waals surface area contributed by atoms with E-state index in [2.05, 4.69) is 16.0 Å². The molecule has 8 heavy (non-hydrogen) atoms. The van der Waals surface area contributed by atoms with E-state index in [0.717, 1.165) is 0 Å². The average Bonchev–Trinajstić information content (AvgIpc) is 1.90. The standard InChI is InChI=1S/C5H5N2O/c1-8-5-2-3-6-4-7-5/h3-4H,1H3. The summed E-state index contributed by atoms with van der Waals surface area (Å²) in [6, 6.07) is 2.67. The molecule has 0 N–H and O–H groups in total. The maximum absolute atomic E-state index is 4.71. The van der Waals surface area contributed by atoms with Crippen molar-refractivity contribution in [2.75, 3.05) is 7.11 Å². The summed E-state index contributed by atoms with van der Waals surface area (Å²) in [5.74, 6) is 0.472. The highest BCUT2D eigenvalue weighted by molar-refractivity contribution is 5.00. The van der Waals surface area contributed by atoms with Gasteiger partial charge in [0.1, 0.15) is 6.33 Å². The first-order valence-corrected chi connectivity index (χ1v) is 2.15. The summed E-state index contributed by atoms with van der Waals surface area (Å²) in [4.78, 5) is 7.36. The predicted molar refractivity (Wildman–Crippen MR) is 27.4 cm³/mol. The Morgan fingerprint density at radius 2 is 2.62 bits per heavy atom. The molecule has 41 valence electrons. The zero-order valence-corrected chi connectivity index (χ0v) is 4.46. The van der Waals surface area contributed by atoms with Crippen molar-refractivity contribution in [2.24, 2.45) is 0 Å². The van der Waals surface area contributed by atoms with Gasteiger partial charge in [-0.05, 0) is 0 Å². The zero-order valence-electron chi connectivity index (χ0n) is 4.46. The highest BCUT2D eigenvalue weighted by atomic mass is 16.5. The molecule has 0 amide bonds. The fourth-order valence-corrected chi connectivity index (χ4v) is 0.360. The van der Waals surface area contributed by atoms with Crippen LogP contribution in [0.2, 0.25) is 0 Å². The molecular formula is C5H5N2O. The second-order valence-corrected chi connectivity index (χ2v) is 1.18. The van der Waals surface area contributed by atoms with Crippen LogP contribution in [0.25, 0.3) is 0 Å². The summed E-state index contributed by atoms with van der Waals surface area (Å²) >= 11 is 0. The van der Waals surface area contributed by atoms with Crippen LogP contribution in [0.3, 0.4) is 0 Å². The van der Waals surface area contributed by atoms with Crippen LogP contribution in [-0.4, -0.2) is 17.1 Å². The van der Waals surface area contributed by atoms with Gasteiger partial charge in [-0.15, -0.1) is 0 Å². The number of hydrogen-bond acceptors (Lipinski definition) is 3. The lowest BCUT2D eigenvalue weighted by atomic mass is 10.6. The molecule has 0 atom stereocenters. The third-order valence-corrected chi connectivity index (χ3v) is 0.698. The maximum Gasteiger partial charge on any atom is 0.224 e. The minimum absolute atomic E-state index is 0.472. The van der Waals surface area contributed by atoms with Gasteiger partial charge in [0.25, 0.3) is 0 Å². The number of ether oxygens (including phenoxy) is 1. The van der Waals surface area contributed by atoms with E-state index >= 15 is 0 Å². The summed E-state index contributed by atoms with van der Waals surface area (Å²) in [7, 11) is 1.54. The highest BCUT2D eigenvalue weighted by Crippen LogP contribution is 1.96. The first-order valence-electron chi connectivity index (χ1n) is 2.15. The van der Waals surface area contributed by atoms with Crippen LogP contribution >= 0.6 is 0 Å². The first-order chi connectivity index (χ1) is 3.93. The predicted octanol–water partition coefficient (Wildman–Crippen LogP) is 0.285. The monoisotopic (exact) mass is 109 g/mol. The normalized spacial score (nSPS) is 8.62. The van der Waals surface area contributed by atoms with Crippen LogP contribution < -0.4 is 4.74 Å². The van der Waals surface area contributed by atoms with Crippen molar-refractivity contribution in [1.82, 2.24) is 9.97 Å². The molecule has 1 heterocycles. The minimum Gasteiger partial charge on any atom is -0.480 e. The molecule has 1 aromatic rings. The van der Waals surface area contributed by atoms with E-state index in [1.54, 1.807) is 7.11 Å². The molecule has 1 rings (SSSR count). The Kier molecular flexibility index (Phi) is 1.42. The molecule has 0 spiro atoms. The minimum atomic E-state index is 0.472. The lowest BCUT2D eigenvalue weighted by molar-refractivity contribution is 0.396. The van der Waals surface area contributed by atoms with Gasteiger partial charge < -0.3 is 4.74 Å². The third kappa shape index (κ3) is 0.932. The fraction of sp³-hybridized carbons (Fsp3) is 0.200. The quantitative estimate of drug-likeness (QED) is 0.519. The number of nitrogens with zero attached hydrogens (tertiary/aromatic N) is 2. The summed E-state index contributed by atoms with van der Waals surface area (Å²) in [5, 5.41) is 0. The number of methoxy groups -OCH3 is 1. The smallest absolute Gasteiger partial charge is 0.224 e. The average molecular weight is 109 g/mol. The molecule has 0 aliphatic heterocycles. The van der Waals surface area contributed by atoms with Gasteiger partial charge in [-0.1, -0.05) is 0 Å². The van der Waals surface area contributed by atoms with Gasteiger partial charge in [-0.2, -0.15) is 0 Å². The summed E-state index contributed by atoms with van der Waals surface area (Å²) in [5.41, 5.74) is 0. The van der Waals surface area contributed by atoms with E-state index in [9.17, 15) is 0 Å². The molecule has 0 unspecified atom stereocenters. The van der Waals surface area contributed by atoms with Gasteiger partial charge in [0.05, 0.1) is 13.2 Å². The van der Waals surface area contributed by atoms with Crippen molar-refractivity contribution < 1.29 is 4.74 Å². The Balaban J connectivity index is 2.83. The van der Waals surface area contributed by atoms with E-state index in [4.69, 9.17) is 4.74 Å². The number of rotatable bonds is 1. The van der Waals surface area contributed by atoms with Crippen molar-refractivity contribution in [3.63, 3.8) is 0 Å². The highest BCUT2D eigenvalue weighted by Gasteiger charge is 1.84. The van der Waals surface area contributed by atoms with E-state index < -0.39 is 0 Å². The van der Waals surface area contributed by atoms with Gasteiger partial charge in [0, 0.05) is 6.20 Å². The van der Waals surface area contributed by atoms with Crippen LogP contribution in [0.4, 0.5) is 0 Å². The van der Waals surface area contributed by atoms with Gasteiger partial charge in [0.15, 0.2) is 0 Å². The Labute approximate surface area is 47.3 Å². The Morgan fingerprint density at radius 3 is 3.00 bits per heavy atom. The van der Waals surface area contributed by atoms with E-state index in [1.165, 1.54) is 12.5 Å². The van der Waals surface area contributed by atoms with Crippen LogP contribution in [0.15, 0.2) is 12.5 Å². The first kappa shape index (κ1) is 5.03. The molecule has 0 aliphatic rings. The second kappa shape index (κ2) is 2.26. The largest absolute Gasteiger partial charge is 0.480 e. The fourth-order valence-electron chi connectivity index (χ4n) is 0.360. The zero-order chi connectivity index (χ0) is 5.82. The molecule has 0 bridgehead atoms. The molecule has 3 nitrogen and oxygen atoms in total. The molecule has 0 saturated carbocycles. The van der Waals surface area contributed by atoms with Crippen molar-refractivity contribution in [1.29, 1.82) is 0 Å². The van der Waals surface area contributed by atoms with Crippen LogP contribution in [0, 0.1) is 6.07 Å². The SMILES string of the molecule is COc1[c]cncn1. The Bertz CT molecular complexity index is 152. The topological polar surface area (TPSA) is 35.0 Å². The number of aromatic nitrogens is 2. The molecule has 0 aromatic carbocycles. The van der Waals surface area contributed by atoms with Crippen LogP contribution in [-0.2, 0) is 0 Å². The summed E-state index contributed by atoms with van der Waals surface area (Å²) in [6.07, 6.45) is 2.92. The van der Waals surface area contributed by atoms with Crippen molar-refractivity contribution in [3.05, 3.63) is 18.6 Å². The maximum atomic E-state index is 4.71. The van der Waals surface area contributed by atoms with Crippen molar-refractivity contribution in [3.8, 4) is 5.88 Å². The second-order valence-electron chi connectivity index (χ2n) is 1.18. The lowest BCUT2D eigenvalue weighted by Gasteiger charge is -1.91. The van der Waals surface area contributed by atoms with Crippen LogP contribution in [0.1, 0.15) is 0 Å². The molecule has 0 fully saturated rings. The summed E-state index contributed by atoms with van der Waals surface area (Å²) < 4.78 is 4.71. The van der Waals surface area contributed by atoms with E-state index in [-0.39, 0.29) is 0 Å². The van der Waals surface area contributed by atoms with Gasteiger partial charge in [-0.3, -0.25) is 0 Å². The van der Waals surface area contributed by atoms with E-state index in [1.807, 2.05) is 0 Å². The number of hydrogen-bond donors (Lipinski definition) is 0. The molecule has 1 aromatic heterocycles. The van der Waals surface area contributed by atoms with Crippen molar-refractivity contribution in [2.45, 2.75) is 0 Å². The molecule has 0 saturated heterocycles. The van der Waals surface area contributed by atoms with Gasteiger partial charge >= 0.3 is 0 Å². The molecule has 3 heteroatoms.